The van der Waals surface area contributed by atoms with Crippen LogP contribution in [0.15, 0.2) is 29.5 Å². The van der Waals surface area contributed by atoms with Gasteiger partial charge in [0.25, 0.3) is 0 Å². The van der Waals surface area contributed by atoms with Crippen molar-refractivity contribution in [2.75, 3.05) is 0 Å². The summed E-state index contributed by atoms with van der Waals surface area (Å²) in [5, 5.41) is 0. The van der Waals surface area contributed by atoms with E-state index in [2.05, 4.69) is 25.7 Å². The lowest BCUT2D eigenvalue weighted by Gasteiger charge is -1.91. The van der Waals surface area contributed by atoms with Crippen LogP contribution in [0.3, 0.4) is 0 Å². The summed E-state index contributed by atoms with van der Waals surface area (Å²) >= 11 is 0. The highest BCUT2D eigenvalue weighted by molar-refractivity contribution is 5.09. The van der Waals surface area contributed by atoms with Crippen LogP contribution in [-0.2, 0) is 0 Å². The van der Waals surface area contributed by atoms with Crippen LogP contribution >= 0.6 is 0 Å². The highest BCUT2D eigenvalue weighted by Crippen LogP contribution is 2.01. The fraction of sp³-hybridized carbons (Fsp3) is 0.500. The van der Waals surface area contributed by atoms with E-state index in [1.54, 1.807) is 0 Å². The SMILES string of the molecule is CC=C=C/C=C(/C)CCC. The predicted molar refractivity (Wildman–Crippen MR) is 47.0 cm³/mol. The van der Waals surface area contributed by atoms with Crippen LogP contribution in [-0.4, -0.2) is 0 Å². The molecule has 0 saturated carbocycles. The molecule has 0 aromatic heterocycles. The first kappa shape index (κ1) is 9.26. The highest BCUT2D eigenvalue weighted by Gasteiger charge is 1.81. The van der Waals surface area contributed by atoms with Gasteiger partial charge in [-0.15, -0.1) is 5.73 Å². The number of allylic oxidation sites excluding steroid dienone is 3. The molecule has 56 valence electrons. The van der Waals surface area contributed by atoms with Gasteiger partial charge in [-0.25, -0.2) is 0 Å². The molecule has 0 rings (SSSR count). The molecule has 0 saturated heterocycles. The molecule has 0 amide bonds. The van der Waals surface area contributed by atoms with Gasteiger partial charge in [-0.3, -0.25) is 0 Å². The van der Waals surface area contributed by atoms with Gasteiger partial charge in [-0.2, -0.15) is 0 Å². The Bertz CT molecular complexity index is 155. The van der Waals surface area contributed by atoms with Crippen molar-refractivity contribution in [3.8, 4) is 0 Å². The van der Waals surface area contributed by atoms with Crippen molar-refractivity contribution in [3.63, 3.8) is 0 Å². The van der Waals surface area contributed by atoms with Crippen LogP contribution in [0, 0.1) is 0 Å². The molecule has 0 atom stereocenters. The Hall–Kier alpha value is -0.740. The van der Waals surface area contributed by atoms with E-state index in [9.17, 15) is 0 Å². The Kier molecular flexibility index (Phi) is 5.91. The van der Waals surface area contributed by atoms with Crippen molar-refractivity contribution in [1.29, 1.82) is 0 Å². The summed E-state index contributed by atoms with van der Waals surface area (Å²) in [5.74, 6) is 0. The van der Waals surface area contributed by atoms with Crippen LogP contribution in [0.25, 0.3) is 0 Å². The van der Waals surface area contributed by atoms with Gasteiger partial charge in [0.1, 0.15) is 0 Å². The Labute approximate surface area is 64.0 Å². The second-order valence-electron chi connectivity index (χ2n) is 2.39. The third kappa shape index (κ3) is 5.40. The van der Waals surface area contributed by atoms with E-state index in [4.69, 9.17) is 0 Å². The van der Waals surface area contributed by atoms with Gasteiger partial charge < -0.3 is 0 Å². The number of rotatable bonds is 3. The maximum absolute atomic E-state index is 3.01. The fourth-order valence-corrected chi connectivity index (χ4v) is 0.764. The first-order chi connectivity index (χ1) is 4.81. The van der Waals surface area contributed by atoms with Gasteiger partial charge in [0.05, 0.1) is 0 Å². The molecule has 0 fully saturated rings. The van der Waals surface area contributed by atoms with Crippen LogP contribution in [0.1, 0.15) is 33.6 Å². The molecule has 0 radical (unpaired) electrons. The molecular formula is C10H16. The molecule has 0 aromatic carbocycles. The van der Waals surface area contributed by atoms with Gasteiger partial charge in [-0.05, 0) is 32.4 Å². The third-order valence-electron chi connectivity index (χ3n) is 1.28. The second-order valence-corrected chi connectivity index (χ2v) is 2.39. The predicted octanol–water partition coefficient (Wildman–Crippen LogP) is 3.46. The van der Waals surface area contributed by atoms with Gasteiger partial charge >= 0.3 is 0 Å². The zero-order valence-corrected chi connectivity index (χ0v) is 7.15. The molecule has 0 heterocycles. The highest BCUT2D eigenvalue weighted by atomic mass is 13.9. The Morgan fingerprint density at radius 3 is 2.70 bits per heavy atom. The van der Waals surface area contributed by atoms with Gasteiger partial charge in [0.15, 0.2) is 0 Å². The Morgan fingerprint density at radius 2 is 2.20 bits per heavy atom. The summed E-state index contributed by atoms with van der Waals surface area (Å²) in [5.41, 5.74) is 4.44. The monoisotopic (exact) mass is 136 g/mol. The minimum absolute atomic E-state index is 1.20. The molecule has 0 nitrogen and oxygen atoms in total. The summed E-state index contributed by atoms with van der Waals surface area (Å²) in [4.78, 5) is 0. The average Bonchev–Trinajstić information content (AvgIpc) is 1.89. The topological polar surface area (TPSA) is 0 Å². The lowest BCUT2D eigenvalue weighted by atomic mass is 10.2. The molecule has 0 aliphatic rings. The van der Waals surface area contributed by atoms with E-state index in [-0.39, 0.29) is 0 Å². The van der Waals surface area contributed by atoms with Crippen molar-refractivity contribution >= 4 is 0 Å². The van der Waals surface area contributed by atoms with E-state index in [0.29, 0.717) is 0 Å². The molecule has 0 aromatic rings. The van der Waals surface area contributed by atoms with Gasteiger partial charge in [-0.1, -0.05) is 25.0 Å². The van der Waals surface area contributed by atoms with Crippen molar-refractivity contribution in [2.45, 2.75) is 33.6 Å². The second kappa shape index (κ2) is 6.38. The Balaban J connectivity index is 3.79. The lowest BCUT2D eigenvalue weighted by molar-refractivity contribution is 0.906. The van der Waals surface area contributed by atoms with E-state index in [1.807, 2.05) is 19.1 Å². The van der Waals surface area contributed by atoms with Crippen LogP contribution in [0.5, 0.6) is 0 Å². The van der Waals surface area contributed by atoms with E-state index in [0.717, 1.165) is 0 Å². The van der Waals surface area contributed by atoms with E-state index < -0.39 is 0 Å². The van der Waals surface area contributed by atoms with E-state index in [1.165, 1.54) is 18.4 Å². The molecule has 10 heavy (non-hydrogen) atoms. The zero-order valence-electron chi connectivity index (χ0n) is 7.15. The van der Waals surface area contributed by atoms with Crippen LogP contribution in [0.2, 0.25) is 0 Å². The van der Waals surface area contributed by atoms with Crippen LogP contribution in [0.4, 0.5) is 0 Å². The maximum atomic E-state index is 3.01. The quantitative estimate of drug-likeness (QED) is 0.411. The minimum Gasteiger partial charge on any atom is -0.125 e. The first-order valence-corrected chi connectivity index (χ1v) is 3.84. The number of hydrogen-bond donors (Lipinski definition) is 0. The molecule has 0 aliphatic heterocycles. The molecular weight excluding hydrogens is 120 g/mol. The normalized spacial score (nSPS) is 10.5. The summed E-state index contributed by atoms with van der Waals surface area (Å²) < 4.78 is 0. The average molecular weight is 136 g/mol. The Morgan fingerprint density at radius 1 is 1.50 bits per heavy atom. The summed E-state index contributed by atoms with van der Waals surface area (Å²) in [6.07, 6.45) is 8.41. The molecule has 0 heteroatoms. The standard InChI is InChI=1S/C10H16/c1-4-6-7-9-10(3)8-5-2/h4,7,9H,5,8H2,1-3H3/b10-9-. The largest absolute Gasteiger partial charge is 0.125 e. The summed E-state index contributed by atoms with van der Waals surface area (Å²) in [6.45, 7) is 6.31. The van der Waals surface area contributed by atoms with E-state index >= 15 is 0 Å². The molecule has 0 aliphatic carbocycles. The fourth-order valence-electron chi connectivity index (χ4n) is 0.764. The molecule has 0 spiro atoms. The molecule has 0 bridgehead atoms. The maximum Gasteiger partial charge on any atom is -0.0204 e. The molecule has 0 unspecified atom stereocenters. The lowest BCUT2D eigenvalue weighted by Crippen LogP contribution is -1.71. The number of hydrogen-bond acceptors (Lipinski definition) is 0. The summed E-state index contributed by atoms with van der Waals surface area (Å²) in [6, 6.07) is 0. The van der Waals surface area contributed by atoms with Crippen molar-refractivity contribution < 1.29 is 0 Å². The van der Waals surface area contributed by atoms with Crippen molar-refractivity contribution in [1.82, 2.24) is 0 Å². The third-order valence-corrected chi connectivity index (χ3v) is 1.28. The van der Waals surface area contributed by atoms with Crippen molar-refractivity contribution in [2.24, 2.45) is 0 Å². The van der Waals surface area contributed by atoms with Gasteiger partial charge in [0, 0.05) is 0 Å². The molecule has 0 N–H and O–H groups in total. The minimum atomic E-state index is 1.20. The first-order valence-electron chi connectivity index (χ1n) is 3.84. The van der Waals surface area contributed by atoms with Crippen molar-refractivity contribution in [3.05, 3.63) is 29.5 Å². The smallest absolute Gasteiger partial charge is 0.0204 e. The summed E-state index contributed by atoms with van der Waals surface area (Å²) in [7, 11) is 0. The van der Waals surface area contributed by atoms with Gasteiger partial charge in [0.2, 0.25) is 0 Å². The zero-order chi connectivity index (χ0) is 7.82. The van der Waals surface area contributed by atoms with Crippen LogP contribution < -0.4 is 0 Å².